The number of alkyl carbamates (subject to hydrolysis) is 2. The van der Waals surface area contributed by atoms with Crippen LogP contribution in [0.1, 0.15) is 139 Å². The molecule has 0 saturated heterocycles. The van der Waals surface area contributed by atoms with Gasteiger partial charge in [-0.2, -0.15) is 0 Å². The van der Waals surface area contributed by atoms with Crippen LogP contribution in [0.3, 0.4) is 0 Å². The Hall–Kier alpha value is -2.19. The summed E-state index contributed by atoms with van der Waals surface area (Å²) in [6, 6.07) is -0.00653. The molecule has 1 aliphatic rings. The van der Waals surface area contributed by atoms with Gasteiger partial charge in [0.05, 0.1) is 26.4 Å². The van der Waals surface area contributed by atoms with E-state index in [1.807, 2.05) is 0 Å². The number of hydrogen-bond acceptors (Lipinski definition) is 7. The monoisotopic (exact) mass is 612 g/mol. The second-order valence-electron chi connectivity index (χ2n) is 16.1. The minimum atomic E-state index is -0.604. The van der Waals surface area contributed by atoms with E-state index in [2.05, 4.69) is 72.9 Å². The minimum Gasteiger partial charge on any atom is -0.450 e. The molecule has 0 bridgehead atoms. The normalized spacial score (nSPS) is 20.2. The Bertz CT molecular complexity index is 832. The van der Waals surface area contributed by atoms with Gasteiger partial charge in [-0.25, -0.2) is 14.4 Å². The number of rotatable bonds is 17. The average molecular weight is 613 g/mol. The number of nitrogens with one attached hydrogen (secondary N) is 2. The molecule has 2 amide bonds. The highest BCUT2D eigenvalue weighted by Gasteiger charge is 2.42. The van der Waals surface area contributed by atoms with Gasteiger partial charge in [-0.3, -0.25) is 0 Å². The van der Waals surface area contributed by atoms with Gasteiger partial charge in [0.15, 0.2) is 0 Å². The van der Waals surface area contributed by atoms with Crippen LogP contribution < -0.4 is 10.6 Å². The number of carbonyl (C=O) groups is 3. The summed E-state index contributed by atoms with van der Waals surface area (Å²) in [5.74, 6) is 0. The lowest BCUT2D eigenvalue weighted by molar-refractivity contribution is 0.0511. The van der Waals surface area contributed by atoms with Crippen LogP contribution in [0.15, 0.2) is 0 Å². The fraction of sp³-hybridized carbons (Fsp3) is 0.912. The number of ether oxygens (including phenoxy) is 4. The molecule has 0 aromatic rings. The van der Waals surface area contributed by atoms with Gasteiger partial charge >= 0.3 is 18.3 Å². The Kier molecular flexibility index (Phi) is 16.8. The smallest absolute Gasteiger partial charge is 0.450 e. The van der Waals surface area contributed by atoms with Crippen LogP contribution in [0.5, 0.6) is 0 Å². The van der Waals surface area contributed by atoms with E-state index in [9.17, 15) is 14.4 Å². The highest BCUT2D eigenvalue weighted by molar-refractivity contribution is 5.68. The second kappa shape index (κ2) is 18.6. The maximum Gasteiger partial charge on any atom is 0.508 e. The largest absolute Gasteiger partial charge is 0.508 e. The summed E-state index contributed by atoms with van der Waals surface area (Å²) in [7, 11) is 0. The van der Waals surface area contributed by atoms with Crippen LogP contribution in [0.4, 0.5) is 14.4 Å². The van der Waals surface area contributed by atoms with Crippen molar-refractivity contribution in [3.05, 3.63) is 0 Å². The molecule has 252 valence electrons. The van der Waals surface area contributed by atoms with E-state index in [1.54, 1.807) is 0 Å². The van der Waals surface area contributed by atoms with Gasteiger partial charge in [0, 0.05) is 12.6 Å². The van der Waals surface area contributed by atoms with Gasteiger partial charge in [-0.05, 0) is 98.7 Å². The van der Waals surface area contributed by atoms with Crippen molar-refractivity contribution in [3.8, 4) is 0 Å². The standard InChI is InChI=1S/C34H64N2O7/c1-31(2,3)17-12-15-20-41-29(38)36-27-23-33(7,8)25-34(9,24-27)26-35-28(37)40-19-13-10-11-14-21-42-30(39)43-22-16-18-32(4,5)6/h27H,10-26H2,1-9H3,(H,35,37)(H,36,38). The summed E-state index contributed by atoms with van der Waals surface area (Å²) in [6.07, 6.45) is 9.29. The molecular weight excluding hydrogens is 548 g/mol. The number of hydrogen-bond donors (Lipinski definition) is 2. The predicted octanol–water partition coefficient (Wildman–Crippen LogP) is 8.78. The van der Waals surface area contributed by atoms with E-state index in [-0.39, 0.29) is 28.4 Å². The molecule has 1 rings (SSSR count). The lowest BCUT2D eigenvalue weighted by Crippen LogP contribution is -2.50. The number of unbranched alkanes of at least 4 members (excludes halogenated alkanes) is 4. The summed E-state index contributed by atoms with van der Waals surface area (Å²) in [5, 5.41) is 6.01. The lowest BCUT2D eigenvalue weighted by Gasteiger charge is -2.46. The third-order valence-electron chi connectivity index (χ3n) is 7.76. The van der Waals surface area contributed by atoms with Gasteiger partial charge in [-0.1, -0.05) is 62.3 Å². The van der Waals surface area contributed by atoms with Gasteiger partial charge in [0.25, 0.3) is 0 Å². The van der Waals surface area contributed by atoms with Crippen LogP contribution in [0.25, 0.3) is 0 Å². The van der Waals surface area contributed by atoms with Crippen molar-refractivity contribution < 1.29 is 33.3 Å². The molecule has 2 atom stereocenters. The van der Waals surface area contributed by atoms with Crippen LogP contribution >= 0.6 is 0 Å². The first kappa shape index (κ1) is 38.8. The molecule has 0 aliphatic heterocycles. The van der Waals surface area contributed by atoms with Crippen LogP contribution in [0.2, 0.25) is 0 Å². The summed E-state index contributed by atoms with van der Waals surface area (Å²) in [4.78, 5) is 36.4. The van der Waals surface area contributed by atoms with Gasteiger partial charge < -0.3 is 29.6 Å². The van der Waals surface area contributed by atoms with E-state index < -0.39 is 12.2 Å². The van der Waals surface area contributed by atoms with Crippen molar-refractivity contribution in [1.82, 2.24) is 10.6 Å². The summed E-state index contributed by atoms with van der Waals surface area (Å²) in [5.41, 5.74) is 0.379. The molecule has 2 unspecified atom stereocenters. The molecule has 1 saturated carbocycles. The lowest BCUT2D eigenvalue weighted by atomic mass is 9.62. The Balaban J connectivity index is 2.20. The summed E-state index contributed by atoms with van der Waals surface area (Å²) < 4.78 is 21.0. The molecule has 9 nitrogen and oxygen atoms in total. The van der Waals surface area contributed by atoms with Crippen LogP contribution in [-0.4, -0.2) is 57.4 Å². The zero-order chi connectivity index (χ0) is 32.6. The van der Waals surface area contributed by atoms with Crippen LogP contribution in [-0.2, 0) is 18.9 Å². The molecule has 0 aromatic heterocycles. The van der Waals surface area contributed by atoms with E-state index >= 15 is 0 Å². The third-order valence-corrected chi connectivity index (χ3v) is 7.76. The zero-order valence-electron chi connectivity index (χ0n) is 29.0. The molecule has 2 N–H and O–H groups in total. The van der Waals surface area contributed by atoms with E-state index in [0.29, 0.717) is 38.4 Å². The highest BCUT2D eigenvalue weighted by atomic mass is 16.7. The number of amides is 2. The van der Waals surface area contributed by atoms with E-state index in [4.69, 9.17) is 18.9 Å². The Labute approximate surface area is 262 Å². The first-order valence-electron chi connectivity index (χ1n) is 16.5. The fourth-order valence-corrected chi connectivity index (χ4v) is 6.02. The predicted molar refractivity (Wildman–Crippen MR) is 171 cm³/mol. The average Bonchev–Trinajstić information content (AvgIpc) is 2.84. The quantitative estimate of drug-likeness (QED) is 0.0959. The molecular formula is C34H64N2O7. The van der Waals surface area contributed by atoms with Crippen molar-refractivity contribution in [3.63, 3.8) is 0 Å². The molecule has 0 aromatic carbocycles. The van der Waals surface area contributed by atoms with Crippen molar-refractivity contribution in [2.75, 3.05) is 33.0 Å². The van der Waals surface area contributed by atoms with Crippen molar-refractivity contribution in [2.24, 2.45) is 21.7 Å². The maximum atomic E-state index is 12.4. The Morgan fingerprint density at radius 2 is 1.14 bits per heavy atom. The zero-order valence-corrected chi connectivity index (χ0v) is 29.0. The van der Waals surface area contributed by atoms with Crippen molar-refractivity contribution in [1.29, 1.82) is 0 Å². The molecule has 0 heterocycles. The second-order valence-corrected chi connectivity index (χ2v) is 16.1. The van der Waals surface area contributed by atoms with Gasteiger partial charge in [0.2, 0.25) is 0 Å². The molecule has 43 heavy (non-hydrogen) atoms. The SMILES string of the molecule is CC(C)(C)CCCCOC(=O)NC1CC(C)(C)CC(C)(CNC(=O)OCCCCCCOC(=O)OCCCC(C)(C)C)C1. The topological polar surface area (TPSA) is 112 Å². The van der Waals surface area contributed by atoms with Crippen LogP contribution in [0, 0.1) is 21.7 Å². The summed E-state index contributed by atoms with van der Waals surface area (Å²) in [6.45, 7) is 21.7. The van der Waals surface area contributed by atoms with E-state index in [1.165, 1.54) is 0 Å². The Morgan fingerprint density at radius 3 is 1.72 bits per heavy atom. The molecule has 1 fully saturated rings. The molecule has 9 heteroatoms. The first-order valence-corrected chi connectivity index (χ1v) is 16.5. The summed E-state index contributed by atoms with van der Waals surface area (Å²) >= 11 is 0. The van der Waals surface area contributed by atoms with Crippen molar-refractivity contribution >= 4 is 18.3 Å². The number of carbonyl (C=O) groups excluding carboxylic acids is 3. The van der Waals surface area contributed by atoms with Gasteiger partial charge in [0.1, 0.15) is 0 Å². The van der Waals surface area contributed by atoms with Crippen molar-refractivity contribution in [2.45, 2.75) is 145 Å². The highest BCUT2D eigenvalue weighted by Crippen LogP contribution is 2.45. The Morgan fingerprint density at radius 1 is 0.651 bits per heavy atom. The minimum absolute atomic E-state index is 0.00653. The van der Waals surface area contributed by atoms with Gasteiger partial charge in [-0.15, -0.1) is 0 Å². The first-order chi connectivity index (χ1) is 19.9. The fourth-order valence-electron chi connectivity index (χ4n) is 6.02. The third kappa shape index (κ3) is 21.2. The molecule has 0 spiro atoms. The maximum absolute atomic E-state index is 12.4. The van der Waals surface area contributed by atoms with E-state index in [0.717, 1.165) is 77.0 Å². The molecule has 1 aliphatic carbocycles. The molecule has 0 radical (unpaired) electrons.